The van der Waals surface area contributed by atoms with Crippen molar-refractivity contribution in [2.75, 3.05) is 31.1 Å². The number of benzene rings is 2. The predicted octanol–water partition coefficient (Wildman–Crippen LogP) is 4.14. The van der Waals surface area contributed by atoms with Crippen LogP contribution in [0, 0.1) is 24.0 Å². The highest BCUT2D eigenvalue weighted by molar-refractivity contribution is 5.56. The van der Waals surface area contributed by atoms with E-state index in [1.807, 2.05) is 0 Å². The highest BCUT2D eigenvalue weighted by atomic mass is 16.6. The summed E-state index contributed by atoms with van der Waals surface area (Å²) in [6.07, 6.45) is 0. The zero-order valence-corrected chi connectivity index (χ0v) is 17.4. The lowest BCUT2D eigenvalue weighted by atomic mass is 10.1. The number of nitro groups is 1. The second-order valence-electron chi connectivity index (χ2n) is 7.67. The van der Waals surface area contributed by atoms with E-state index in [2.05, 4.69) is 59.0 Å². The van der Waals surface area contributed by atoms with Gasteiger partial charge >= 0.3 is 0 Å². The highest BCUT2D eigenvalue weighted by Crippen LogP contribution is 2.28. The molecule has 0 unspecified atom stereocenters. The first-order chi connectivity index (χ1) is 14.4. The fourth-order valence-corrected chi connectivity index (χ4v) is 3.83. The Balaban J connectivity index is 1.42. The molecule has 1 atom stereocenters. The summed E-state index contributed by atoms with van der Waals surface area (Å²) in [4.78, 5) is 15.2. The van der Waals surface area contributed by atoms with Crippen molar-refractivity contribution in [3.8, 4) is 11.5 Å². The summed E-state index contributed by atoms with van der Waals surface area (Å²) in [7, 11) is 0. The zero-order chi connectivity index (χ0) is 21.3. The van der Waals surface area contributed by atoms with Crippen molar-refractivity contribution < 1.29 is 9.34 Å². The van der Waals surface area contributed by atoms with Crippen molar-refractivity contribution in [3.63, 3.8) is 0 Å². The van der Waals surface area contributed by atoms with Crippen LogP contribution in [-0.2, 0) is 0 Å². The Kier molecular flexibility index (Phi) is 5.50. The molecule has 0 aliphatic carbocycles. The third-order valence-corrected chi connectivity index (χ3v) is 5.90. The summed E-state index contributed by atoms with van der Waals surface area (Å²) >= 11 is 0. The SMILES string of the molecule is Cc1cccc(N2CCN([C@@H](C)c3nnc(-c4ccc([N+](=O)[O-])cc4)o3)CC2)c1C. The molecule has 1 saturated heterocycles. The molecule has 8 nitrogen and oxygen atoms in total. The summed E-state index contributed by atoms with van der Waals surface area (Å²) < 4.78 is 5.88. The zero-order valence-electron chi connectivity index (χ0n) is 17.4. The van der Waals surface area contributed by atoms with Gasteiger partial charge in [-0.05, 0) is 50.1 Å². The number of hydrogen-bond acceptors (Lipinski definition) is 7. The van der Waals surface area contributed by atoms with Crippen molar-refractivity contribution in [2.45, 2.75) is 26.8 Å². The van der Waals surface area contributed by atoms with Gasteiger partial charge in [-0.25, -0.2) is 0 Å². The van der Waals surface area contributed by atoms with Crippen molar-refractivity contribution >= 4 is 11.4 Å². The van der Waals surface area contributed by atoms with E-state index in [1.165, 1.54) is 28.9 Å². The molecule has 0 saturated carbocycles. The van der Waals surface area contributed by atoms with Gasteiger partial charge in [-0.2, -0.15) is 0 Å². The van der Waals surface area contributed by atoms with Gasteiger partial charge in [0.05, 0.1) is 11.0 Å². The monoisotopic (exact) mass is 407 g/mol. The van der Waals surface area contributed by atoms with E-state index in [-0.39, 0.29) is 11.7 Å². The number of hydrogen-bond donors (Lipinski definition) is 0. The van der Waals surface area contributed by atoms with Crippen LogP contribution in [0.15, 0.2) is 46.9 Å². The predicted molar refractivity (Wildman–Crippen MR) is 115 cm³/mol. The summed E-state index contributed by atoms with van der Waals surface area (Å²) in [6, 6.07) is 12.6. The first-order valence-electron chi connectivity index (χ1n) is 10.1. The van der Waals surface area contributed by atoms with E-state index in [9.17, 15) is 10.1 Å². The highest BCUT2D eigenvalue weighted by Gasteiger charge is 2.26. The standard InChI is InChI=1S/C22H25N5O3/c1-15-5-4-6-20(16(15)2)26-13-11-25(12-14-26)17(3)21-23-24-22(30-21)18-7-9-19(10-8-18)27(28)29/h4-10,17H,11-14H2,1-3H3/t17-/m0/s1. The van der Waals surface area contributed by atoms with Gasteiger partial charge in [0.1, 0.15) is 0 Å². The van der Waals surface area contributed by atoms with Crippen molar-refractivity contribution in [3.05, 3.63) is 69.6 Å². The Bertz CT molecular complexity index is 1040. The molecule has 0 amide bonds. The van der Waals surface area contributed by atoms with Gasteiger partial charge in [-0.1, -0.05) is 12.1 Å². The van der Waals surface area contributed by atoms with Crippen LogP contribution in [0.5, 0.6) is 0 Å². The number of piperazine rings is 1. The van der Waals surface area contributed by atoms with Crippen LogP contribution < -0.4 is 4.90 Å². The van der Waals surface area contributed by atoms with Crippen LogP contribution in [-0.4, -0.2) is 46.2 Å². The van der Waals surface area contributed by atoms with Gasteiger partial charge in [0.25, 0.3) is 5.69 Å². The van der Waals surface area contributed by atoms with Gasteiger partial charge in [0.15, 0.2) is 0 Å². The lowest BCUT2D eigenvalue weighted by molar-refractivity contribution is -0.384. The minimum Gasteiger partial charge on any atom is -0.419 e. The van der Waals surface area contributed by atoms with E-state index < -0.39 is 4.92 Å². The number of non-ortho nitro benzene ring substituents is 1. The topological polar surface area (TPSA) is 88.5 Å². The van der Waals surface area contributed by atoms with Gasteiger partial charge < -0.3 is 9.32 Å². The molecule has 0 N–H and O–H groups in total. The first kappa shape index (κ1) is 20.0. The number of nitro benzene ring substituents is 1. The van der Waals surface area contributed by atoms with E-state index >= 15 is 0 Å². The minimum absolute atomic E-state index is 0.00468. The van der Waals surface area contributed by atoms with Crippen molar-refractivity contribution in [1.82, 2.24) is 15.1 Å². The quantitative estimate of drug-likeness (QED) is 0.464. The van der Waals surface area contributed by atoms with E-state index in [1.54, 1.807) is 12.1 Å². The Hall–Kier alpha value is -3.26. The second-order valence-corrected chi connectivity index (χ2v) is 7.67. The Morgan fingerprint density at radius 3 is 2.40 bits per heavy atom. The van der Waals surface area contributed by atoms with Crippen LogP contribution in [0.1, 0.15) is 30.0 Å². The molecule has 30 heavy (non-hydrogen) atoms. The van der Waals surface area contributed by atoms with Crippen LogP contribution >= 0.6 is 0 Å². The van der Waals surface area contributed by atoms with Gasteiger partial charge in [0, 0.05) is 49.6 Å². The third-order valence-electron chi connectivity index (χ3n) is 5.90. The molecule has 2 aromatic carbocycles. The van der Waals surface area contributed by atoms with Crippen LogP contribution in [0.2, 0.25) is 0 Å². The molecular formula is C22H25N5O3. The van der Waals surface area contributed by atoms with E-state index in [0.717, 1.165) is 26.2 Å². The minimum atomic E-state index is -0.428. The number of nitrogens with zero attached hydrogens (tertiary/aromatic N) is 5. The molecule has 0 radical (unpaired) electrons. The Morgan fingerprint density at radius 2 is 1.73 bits per heavy atom. The van der Waals surface area contributed by atoms with Gasteiger partial charge in [0.2, 0.25) is 11.8 Å². The first-order valence-corrected chi connectivity index (χ1v) is 10.1. The molecule has 1 fully saturated rings. The molecule has 156 valence electrons. The average molecular weight is 407 g/mol. The molecule has 3 aromatic rings. The van der Waals surface area contributed by atoms with Crippen LogP contribution in [0.3, 0.4) is 0 Å². The molecule has 0 bridgehead atoms. The largest absolute Gasteiger partial charge is 0.419 e. The molecular weight excluding hydrogens is 382 g/mol. The number of aromatic nitrogens is 2. The normalized spacial score (nSPS) is 15.9. The summed E-state index contributed by atoms with van der Waals surface area (Å²) in [6.45, 7) is 10.1. The van der Waals surface area contributed by atoms with E-state index in [4.69, 9.17) is 4.42 Å². The lowest BCUT2D eigenvalue weighted by Gasteiger charge is -2.38. The molecule has 1 aliphatic heterocycles. The summed E-state index contributed by atoms with van der Waals surface area (Å²) in [5, 5.41) is 19.2. The average Bonchev–Trinajstić information content (AvgIpc) is 3.26. The summed E-state index contributed by atoms with van der Waals surface area (Å²) in [5.74, 6) is 0.935. The second kappa shape index (κ2) is 8.23. The lowest BCUT2D eigenvalue weighted by Crippen LogP contribution is -2.47. The molecule has 1 aromatic heterocycles. The molecule has 8 heteroatoms. The molecule has 1 aliphatic rings. The fraction of sp³-hybridized carbons (Fsp3) is 0.364. The Labute approximate surface area is 175 Å². The third kappa shape index (κ3) is 3.91. The van der Waals surface area contributed by atoms with Crippen molar-refractivity contribution in [2.24, 2.45) is 0 Å². The molecule has 0 spiro atoms. The summed E-state index contributed by atoms with van der Waals surface area (Å²) in [5.41, 5.74) is 4.66. The maximum absolute atomic E-state index is 10.8. The smallest absolute Gasteiger partial charge is 0.269 e. The van der Waals surface area contributed by atoms with Crippen LogP contribution in [0.25, 0.3) is 11.5 Å². The van der Waals surface area contributed by atoms with Crippen molar-refractivity contribution in [1.29, 1.82) is 0 Å². The fourth-order valence-electron chi connectivity index (χ4n) is 3.83. The Morgan fingerprint density at radius 1 is 1.03 bits per heavy atom. The van der Waals surface area contributed by atoms with E-state index in [0.29, 0.717) is 17.3 Å². The maximum Gasteiger partial charge on any atom is 0.269 e. The van der Waals surface area contributed by atoms with Crippen LogP contribution in [0.4, 0.5) is 11.4 Å². The number of aryl methyl sites for hydroxylation is 1. The number of rotatable bonds is 5. The molecule has 4 rings (SSSR count). The maximum atomic E-state index is 10.8. The molecule has 2 heterocycles. The van der Waals surface area contributed by atoms with Gasteiger partial charge in [-0.3, -0.25) is 15.0 Å². The van der Waals surface area contributed by atoms with Gasteiger partial charge in [-0.15, -0.1) is 10.2 Å². The number of anilines is 1.